The highest BCUT2D eigenvalue weighted by atomic mass is 32.1. The second-order valence-corrected chi connectivity index (χ2v) is 4.21. The number of carbonyl (C=O) groups is 2. The van der Waals surface area contributed by atoms with Gasteiger partial charge < -0.3 is 5.11 Å². The van der Waals surface area contributed by atoms with E-state index < -0.39 is 28.2 Å². The minimum Gasteiger partial charge on any atom is -0.502 e. The molecule has 0 bridgehead atoms. The fraction of sp³-hybridized carbons (Fsp3) is 0. The van der Waals surface area contributed by atoms with Gasteiger partial charge in [0.15, 0.2) is 10.9 Å². The number of nitrogens with zero attached hydrogens (tertiary/aromatic N) is 1. The van der Waals surface area contributed by atoms with E-state index in [0.717, 1.165) is 12.1 Å². The number of rotatable bonds is 2. The van der Waals surface area contributed by atoms with E-state index in [1.165, 1.54) is 12.1 Å². The van der Waals surface area contributed by atoms with Crippen molar-refractivity contribution in [2.75, 3.05) is 0 Å². The molecule has 1 fully saturated rings. The Bertz CT molecular complexity index is 661. The van der Waals surface area contributed by atoms with Crippen LogP contribution in [0.5, 0.6) is 5.75 Å². The van der Waals surface area contributed by atoms with E-state index in [9.17, 15) is 24.8 Å². The molecule has 0 saturated carbocycles. The molecule has 20 heavy (non-hydrogen) atoms. The van der Waals surface area contributed by atoms with E-state index in [1.54, 1.807) is 0 Å². The van der Waals surface area contributed by atoms with Crippen LogP contribution in [0, 0.1) is 10.1 Å². The summed E-state index contributed by atoms with van der Waals surface area (Å²) in [7, 11) is 0. The third-order valence-electron chi connectivity index (χ3n) is 2.45. The Labute approximate surface area is 117 Å². The largest absolute Gasteiger partial charge is 0.502 e. The Hall–Kier alpha value is -2.81. The summed E-state index contributed by atoms with van der Waals surface area (Å²) in [6.45, 7) is 0. The Kier molecular flexibility index (Phi) is 3.44. The van der Waals surface area contributed by atoms with E-state index in [2.05, 4.69) is 22.9 Å². The molecular formula is C11H7N3O5S. The quantitative estimate of drug-likeness (QED) is 0.236. The number of benzene rings is 1. The van der Waals surface area contributed by atoms with Gasteiger partial charge in [-0.15, -0.1) is 0 Å². The molecule has 0 atom stereocenters. The van der Waals surface area contributed by atoms with Crippen LogP contribution in [-0.4, -0.2) is 27.0 Å². The Morgan fingerprint density at radius 2 is 1.85 bits per heavy atom. The monoisotopic (exact) mass is 293 g/mol. The third kappa shape index (κ3) is 2.62. The lowest BCUT2D eigenvalue weighted by Gasteiger charge is -2.16. The van der Waals surface area contributed by atoms with Crippen LogP contribution in [-0.2, 0) is 9.59 Å². The topological polar surface area (TPSA) is 122 Å². The van der Waals surface area contributed by atoms with Gasteiger partial charge in [-0.1, -0.05) is 6.07 Å². The van der Waals surface area contributed by atoms with Gasteiger partial charge in [0.2, 0.25) is 0 Å². The van der Waals surface area contributed by atoms with Crippen LogP contribution < -0.4 is 10.6 Å². The van der Waals surface area contributed by atoms with E-state index in [0.29, 0.717) is 0 Å². The molecule has 1 saturated heterocycles. The summed E-state index contributed by atoms with van der Waals surface area (Å²) in [5.74, 6) is -1.90. The molecular weight excluding hydrogens is 286 g/mol. The molecule has 102 valence electrons. The van der Waals surface area contributed by atoms with Crippen LogP contribution in [0.4, 0.5) is 5.69 Å². The lowest BCUT2D eigenvalue weighted by molar-refractivity contribution is -0.385. The van der Waals surface area contributed by atoms with Crippen molar-refractivity contribution in [1.29, 1.82) is 0 Å². The number of carbonyl (C=O) groups excluding carboxylic acids is 2. The number of nitro benzene ring substituents is 1. The summed E-state index contributed by atoms with van der Waals surface area (Å²) >= 11 is 4.64. The molecule has 0 spiro atoms. The highest BCUT2D eigenvalue weighted by Crippen LogP contribution is 2.27. The van der Waals surface area contributed by atoms with Crippen LogP contribution in [0.3, 0.4) is 0 Å². The minimum atomic E-state index is -0.770. The summed E-state index contributed by atoms with van der Waals surface area (Å²) in [5.41, 5.74) is -0.535. The summed E-state index contributed by atoms with van der Waals surface area (Å²) < 4.78 is 0. The second kappa shape index (κ2) is 5.05. The van der Waals surface area contributed by atoms with Crippen LogP contribution in [0.15, 0.2) is 23.8 Å². The average molecular weight is 293 g/mol. The van der Waals surface area contributed by atoms with Crippen molar-refractivity contribution >= 4 is 40.9 Å². The molecule has 0 unspecified atom stereocenters. The van der Waals surface area contributed by atoms with Crippen molar-refractivity contribution < 1.29 is 19.6 Å². The Morgan fingerprint density at radius 3 is 2.40 bits per heavy atom. The van der Waals surface area contributed by atoms with Crippen LogP contribution >= 0.6 is 12.2 Å². The summed E-state index contributed by atoms with van der Waals surface area (Å²) in [6, 6.07) is 3.49. The zero-order valence-corrected chi connectivity index (χ0v) is 10.6. The lowest BCUT2D eigenvalue weighted by Crippen LogP contribution is -2.51. The fourth-order valence-electron chi connectivity index (χ4n) is 1.55. The van der Waals surface area contributed by atoms with Crippen molar-refractivity contribution in [3.05, 3.63) is 39.4 Å². The first kappa shape index (κ1) is 13.6. The van der Waals surface area contributed by atoms with Gasteiger partial charge in [0, 0.05) is 6.07 Å². The van der Waals surface area contributed by atoms with Gasteiger partial charge in [0.05, 0.1) is 4.92 Å². The van der Waals surface area contributed by atoms with Gasteiger partial charge in [-0.2, -0.15) is 0 Å². The van der Waals surface area contributed by atoms with Crippen LogP contribution in [0.25, 0.3) is 6.08 Å². The number of thiocarbonyl (C=S) groups is 1. The van der Waals surface area contributed by atoms with Gasteiger partial charge >= 0.3 is 5.69 Å². The number of nitro groups is 1. The van der Waals surface area contributed by atoms with Gasteiger partial charge in [0.25, 0.3) is 11.8 Å². The molecule has 0 aromatic heterocycles. The van der Waals surface area contributed by atoms with Crippen molar-refractivity contribution in [3.8, 4) is 5.75 Å². The first-order chi connectivity index (χ1) is 9.38. The third-order valence-corrected chi connectivity index (χ3v) is 2.65. The maximum atomic E-state index is 11.6. The first-order valence-corrected chi connectivity index (χ1v) is 5.65. The molecule has 9 heteroatoms. The molecule has 3 N–H and O–H groups in total. The molecule has 8 nitrogen and oxygen atoms in total. The average Bonchev–Trinajstić information content (AvgIpc) is 2.35. The van der Waals surface area contributed by atoms with E-state index >= 15 is 0 Å². The number of nitrogens with one attached hydrogen (secondary N) is 2. The number of amides is 2. The fourth-order valence-corrected chi connectivity index (χ4v) is 1.73. The van der Waals surface area contributed by atoms with Gasteiger partial charge in [0.1, 0.15) is 5.57 Å². The van der Waals surface area contributed by atoms with Crippen molar-refractivity contribution in [1.82, 2.24) is 10.6 Å². The molecule has 0 aliphatic carbocycles. The number of hydrogen-bond acceptors (Lipinski definition) is 6. The van der Waals surface area contributed by atoms with Crippen molar-refractivity contribution in [2.24, 2.45) is 0 Å². The summed E-state index contributed by atoms with van der Waals surface area (Å²) in [6.07, 6.45) is 1.17. The van der Waals surface area contributed by atoms with Gasteiger partial charge in [-0.05, 0) is 29.9 Å². The number of hydrogen-bond donors (Lipinski definition) is 3. The van der Waals surface area contributed by atoms with Gasteiger partial charge in [-0.25, -0.2) is 0 Å². The molecule has 0 radical (unpaired) electrons. The summed E-state index contributed by atoms with van der Waals surface area (Å²) in [5, 5.41) is 24.4. The van der Waals surface area contributed by atoms with E-state index in [-0.39, 0.29) is 16.2 Å². The van der Waals surface area contributed by atoms with Crippen molar-refractivity contribution in [3.63, 3.8) is 0 Å². The minimum absolute atomic E-state index is 0.103. The smallest absolute Gasteiger partial charge is 0.311 e. The SMILES string of the molecule is O=C1NC(=S)NC(=O)C1=Cc1ccc(O)c([N+](=O)[O-])c1. The van der Waals surface area contributed by atoms with Crippen LogP contribution in [0.2, 0.25) is 0 Å². The zero-order valence-electron chi connectivity index (χ0n) is 9.75. The highest BCUT2D eigenvalue weighted by molar-refractivity contribution is 7.80. The van der Waals surface area contributed by atoms with Gasteiger partial charge in [-0.3, -0.25) is 30.3 Å². The maximum Gasteiger partial charge on any atom is 0.311 e. The van der Waals surface area contributed by atoms with Crippen LogP contribution in [0.1, 0.15) is 5.56 Å². The molecule has 1 aliphatic heterocycles. The normalized spacial score (nSPS) is 14.6. The predicted molar refractivity (Wildman–Crippen MR) is 71.6 cm³/mol. The van der Waals surface area contributed by atoms with E-state index in [4.69, 9.17) is 0 Å². The first-order valence-electron chi connectivity index (χ1n) is 5.24. The molecule has 2 rings (SSSR count). The maximum absolute atomic E-state index is 11.6. The van der Waals surface area contributed by atoms with E-state index in [1.807, 2.05) is 0 Å². The van der Waals surface area contributed by atoms with Crippen molar-refractivity contribution in [2.45, 2.75) is 0 Å². The molecule has 2 amide bonds. The Balaban J connectivity index is 2.42. The number of phenolic OH excluding ortho intramolecular Hbond substituents is 1. The lowest BCUT2D eigenvalue weighted by atomic mass is 10.1. The second-order valence-electron chi connectivity index (χ2n) is 3.80. The molecule has 1 aromatic carbocycles. The Morgan fingerprint density at radius 1 is 1.25 bits per heavy atom. The summed E-state index contributed by atoms with van der Waals surface area (Å²) in [4.78, 5) is 33.1. The molecule has 1 heterocycles. The number of phenols is 1. The zero-order chi connectivity index (χ0) is 14.9. The number of aromatic hydroxyl groups is 1. The molecule has 1 aliphatic rings. The highest BCUT2D eigenvalue weighted by Gasteiger charge is 2.26. The molecule has 1 aromatic rings. The predicted octanol–water partition coefficient (Wildman–Crippen LogP) is 0.215. The standard InChI is InChI=1S/C11H7N3O5S/c15-8-2-1-5(4-7(8)14(18)19)3-6-9(16)12-11(20)13-10(6)17/h1-4,15H,(H2,12,13,16,17,20).